The standard InChI is InChI=1S/C9H13N5/c1-14(2)6-5-12-9-11-4-3-8(7-10)13-9/h3-4H,5-6H2,1-2H3,(H,11,12,13). The predicted octanol–water partition coefficient (Wildman–Crippen LogP) is 0.322. The Balaban J connectivity index is 2.47. The van der Waals surface area contributed by atoms with Gasteiger partial charge in [-0.3, -0.25) is 0 Å². The lowest BCUT2D eigenvalue weighted by Crippen LogP contribution is -2.21. The van der Waals surface area contributed by atoms with Crippen molar-refractivity contribution in [1.82, 2.24) is 14.9 Å². The fourth-order valence-corrected chi connectivity index (χ4v) is 0.897. The first kappa shape index (κ1) is 10.4. The fourth-order valence-electron chi connectivity index (χ4n) is 0.897. The molecular weight excluding hydrogens is 178 g/mol. The van der Waals surface area contributed by atoms with Gasteiger partial charge in [-0.05, 0) is 20.2 Å². The summed E-state index contributed by atoms with van der Waals surface area (Å²) in [6, 6.07) is 3.55. The number of hydrogen-bond donors (Lipinski definition) is 1. The van der Waals surface area contributed by atoms with Crippen molar-refractivity contribution < 1.29 is 0 Å². The molecule has 5 heteroatoms. The van der Waals surface area contributed by atoms with Crippen molar-refractivity contribution in [2.45, 2.75) is 0 Å². The summed E-state index contributed by atoms with van der Waals surface area (Å²) in [6.07, 6.45) is 1.57. The third-order valence-electron chi connectivity index (χ3n) is 1.61. The van der Waals surface area contributed by atoms with E-state index in [1.165, 1.54) is 0 Å². The van der Waals surface area contributed by atoms with Crippen molar-refractivity contribution in [2.24, 2.45) is 0 Å². The van der Waals surface area contributed by atoms with Crippen LogP contribution in [-0.2, 0) is 0 Å². The number of nitriles is 1. The van der Waals surface area contributed by atoms with Crippen molar-refractivity contribution in [2.75, 3.05) is 32.5 Å². The van der Waals surface area contributed by atoms with Gasteiger partial charge < -0.3 is 10.2 Å². The molecule has 14 heavy (non-hydrogen) atoms. The molecule has 0 aliphatic carbocycles. The molecule has 0 radical (unpaired) electrons. The maximum absolute atomic E-state index is 8.60. The molecule has 5 nitrogen and oxygen atoms in total. The maximum Gasteiger partial charge on any atom is 0.223 e. The molecule has 0 fully saturated rings. The van der Waals surface area contributed by atoms with Gasteiger partial charge in [-0.25, -0.2) is 9.97 Å². The second-order valence-electron chi connectivity index (χ2n) is 3.11. The minimum atomic E-state index is 0.382. The lowest BCUT2D eigenvalue weighted by molar-refractivity contribution is 0.425. The molecule has 0 aliphatic rings. The second-order valence-corrected chi connectivity index (χ2v) is 3.11. The van der Waals surface area contributed by atoms with Gasteiger partial charge in [-0.1, -0.05) is 0 Å². The smallest absolute Gasteiger partial charge is 0.223 e. The Bertz CT molecular complexity index is 328. The van der Waals surface area contributed by atoms with Crippen LogP contribution in [0.5, 0.6) is 0 Å². The van der Waals surface area contributed by atoms with Crippen LogP contribution in [0.4, 0.5) is 5.95 Å². The van der Waals surface area contributed by atoms with Gasteiger partial charge in [0.1, 0.15) is 11.8 Å². The van der Waals surface area contributed by atoms with E-state index in [1.54, 1.807) is 12.3 Å². The zero-order valence-corrected chi connectivity index (χ0v) is 8.36. The van der Waals surface area contributed by atoms with Crippen LogP contribution < -0.4 is 5.32 Å². The minimum Gasteiger partial charge on any atom is -0.353 e. The first-order chi connectivity index (χ1) is 6.72. The third kappa shape index (κ3) is 3.37. The summed E-state index contributed by atoms with van der Waals surface area (Å²) in [7, 11) is 3.99. The van der Waals surface area contributed by atoms with Crippen LogP contribution in [0.1, 0.15) is 5.69 Å². The van der Waals surface area contributed by atoms with Gasteiger partial charge in [-0.2, -0.15) is 5.26 Å². The minimum absolute atomic E-state index is 0.382. The summed E-state index contributed by atoms with van der Waals surface area (Å²) in [6.45, 7) is 1.67. The third-order valence-corrected chi connectivity index (χ3v) is 1.61. The lowest BCUT2D eigenvalue weighted by atomic mass is 10.4. The quantitative estimate of drug-likeness (QED) is 0.742. The van der Waals surface area contributed by atoms with Crippen molar-refractivity contribution in [1.29, 1.82) is 5.26 Å². The van der Waals surface area contributed by atoms with Crippen molar-refractivity contribution >= 4 is 5.95 Å². The van der Waals surface area contributed by atoms with Gasteiger partial charge >= 0.3 is 0 Å². The highest BCUT2D eigenvalue weighted by Gasteiger charge is 1.97. The Hall–Kier alpha value is -1.67. The van der Waals surface area contributed by atoms with Gasteiger partial charge in [0, 0.05) is 19.3 Å². The molecule has 1 heterocycles. The van der Waals surface area contributed by atoms with Crippen molar-refractivity contribution in [3.05, 3.63) is 18.0 Å². The molecule has 1 N–H and O–H groups in total. The van der Waals surface area contributed by atoms with Crippen LogP contribution in [-0.4, -0.2) is 42.1 Å². The molecule has 0 atom stereocenters. The van der Waals surface area contributed by atoms with Gasteiger partial charge in [0.2, 0.25) is 5.95 Å². The highest BCUT2D eigenvalue weighted by molar-refractivity contribution is 5.29. The molecular formula is C9H13N5. The van der Waals surface area contributed by atoms with E-state index in [4.69, 9.17) is 5.26 Å². The number of nitrogens with one attached hydrogen (secondary N) is 1. The summed E-state index contributed by atoms with van der Waals surface area (Å²) in [5.74, 6) is 0.505. The van der Waals surface area contributed by atoms with Crippen LogP contribution >= 0.6 is 0 Å². The number of likely N-dealkylation sites (N-methyl/N-ethyl adjacent to an activating group) is 1. The Morgan fingerprint density at radius 3 is 3.00 bits per heavy atom. The van der Waals surface area contributed by atoms with Gasteiger partial charge in [0.15, 0.2) is 0 Å². The molecule has 74 valence electrons. The molecule has 0 bridgehead atoms. The summed E-state index contributed by atoms with van der Waals surface area (Å²) >= 11 is 0. The number of rotatable bonds is 4. The van der Waals surface area contributed by atoms with E-state index in [-0.39, 0.29) is 0 Å². The molecule has 0 amide bonds. The topological polar surface area (TPSA) is 64.8 Å². The lowest BCUT2D eigenvalue weighted by Gasteiger charge is -2.09. The molecule has 0 saturated heterocycles. The molecule has 1 aromatic heterocycles. The molecule has 1 aromatic rings. The number of aromatic nitrogens is 2. The van der Waals surface area contributed by atoms with Gasteiger partial charge in [0.25, 0.3) is 0 Å². The molecule has 0 aliphatic heterocycles. The molecule has 0 saturated carbocycles. The molecule has 0 unspecified atom stereocenters. The van der Waals surface area contributed by atoms with Crippen LogP contribution in [0.25, 0.3) is 0 Å². The zero-order chi connectivity index (χ0) is 10.4. The average molecular weight is 191 g/mol. The monoisotopic (exact) mass is 191 g/mol. The van der Waals surface area contributed by atoms with Crippen molar-refractivity contribution in [3.8, 4) is 6.07 Å². The van der Waals surface area contributed by atoms with Crippen LogP contribution in [0.2, 0.25) is 0 Å². The van der Waals surface area contributed by atoms with E-state index in [0.29, 0.717) is 11.6 Å². The van der Waals surface area contributed by atoms with Crippen LogP contribution in [0.15, 0.2) is 12.3 Å². The summed E-state index contributed by atoms with van der Waals surface area (Å²) in [5.41, 5.74) is 0.382. The summed E-state index contributed by atoms with van der Waals surface area (Å²) in [5, 5.41) is 11.6. The molecule has 0 aromatic carbocycles. The maximum atomic E-state index is 8.60. The Kier molecular flexibility index (Phi) is 3.83. The summed E-state index contributed by atoms with van der Waals surface area (Å²) in [4.78, 5) is 10.0. The number of anilines is 1. The first-order valence-electron chi connectivity index (χ1n) is 4.34. The number of hydrogen-bond acceptors (Lipinski definition) is 5. The number of nitrogens with zero attached hydrogens (tertiary/aromatic N) is 4. The van der Waals surface area contributed by atoms with E-state index in [1.807, 2.05) is 20.2 Å². The Morgan fingerprint density at radius 2 is 2.36 bits per heavy atom. The van der Waals surface area contributed by atoms with E-state index < -0.39 is 0 Å². The van der Waals surface area contributed by atoms with Crippen molar-refractivity contribution in [3.63, 3.8) is 0 Å². The normalized spacial score (nSPS) is 9.86. The first-order valence-corrected chi connectivity index (χ1v) is 4.34. The van der Waals surface area contributed by atoms with E-state index in [9.17, 15) is 0 Å². The SMILES string of the molecule is CN(C)CCNc1nccc(C#N)n1. The Morgan fingerprint density at radius 1 is 1.57 bits per heavy atom. The van der Waals surface area contributed by atoms with Crippen LogP contribution in [0.3, 0.4) is 0 Å². The Labute approximate surface area is 83.4 Å². The zero-order valence-electron chi connectivity index (χ0n) is 8.36. The highest BCUT2D eigenvalue weighted by atomic mass is 15.1. The second kappa shape index (κ2) is 5.14. The van der Waals surface area contributed by atoms with Gasteiger partial charge in [0.05, 0.1) is 0 Å². The van der Waals surface area contributed by atoms with E-state index >= 15 is 0 Å². The molecule has 0 spiro atoms. The van der Waals surface area contributed by atoms with E-state index in [2.05, 4.69) is 20.2 Å². The van der Waals surface area contributed by atoms with Crippen LogP contribution in [0, 0.1) is 11.3 Å². The van der Waals surface area contributed by atoms with Gasteiger partial charge in [-0.15, -0.1) is 0 Å². The predicted molar refractivity (Wildman–Crippen MR) is 53.8 cm³/mol. The fraction of sp³-hybridized carbons (Fsp3) is 0.444. The largest absolute Gasteiger partial charge is 0.353 e. The highest BCUT2D eigenvalue weighted by Crippen LogP contribution is 1.97. The van der Waals surface area contributed by atoms with E-state index in [0.717, 1.165) is 13.1 Å². The summed E-state index contributed by atoms with van der Waals surface area (Å²) < 4.78 is 0. The molecule has 1 rings (SSSR count). The average Bonchev–Trinajstić information content (AvgIpc) is 2.18.